The van der Waals surface area contributed by atoms with E-state index in [0.717, 1.165) is 24.6 Å². The third-order valence-corrected chi connectivity index (χ3v) is 2.96. The molecule has 106 valence electrons. The summed E-state index contributed by atoms with van der Waals surface area (Å²) in [6, 6.07) is 5.22. The lowest BCUT2D eigenvalue weighted by Crippen LogP contribution is -2.32. The first kappa shape index (κ1) is 15.7. The zero-order valence-electron chi connectivity index (χ0n) is 12.9. The topological polar surface area (TPSA) is 28.2 Å². The molecule has 19 heavy (non-hydrogen) atoms. The summed E-state index contributed by atoms with van der Waals surface area (Å²) >= 11 is 0. The lowest BCUT2D eigenvalue weighted by molar-refractivity contribution is 0.588. The Bertz CT molecular complexity index is 410. The second-order valence-corrected chi connectivity index (χ2v) is 5.55. The Morgan fingerprint density at radius 3 is 2.53 bits per heavy atom. The molecule has 1 aromatic rings. The van der Waals surface area contributed by atoms with Crippen molar-refractivity contribution in [3.05, 3.63) is 36.0 Å². The van der Waals surface area contributed by atoms with Crippen LogP contribution in [0.2, 0.25) is 0 Å². The predicted octanol–water partition coefficient (Wildman–Crippen LogP) is 3.29. The number of anilines is 1. The Balaban J connectivity index is 2.96. The molecule has 0 aliphatic rings. The van der Waals surface area contributed by atoms with Gasteiger partial charge in [0, 0.05) is 30.9 Å². The Morgan fingerprint density at radius 2 is 2.00 bits per heavy atom. The number of aromatic nitrogens is 1. The van der Waals surface area contributed by atoms with Crippen LogP contribution in [0.1, 0.15) is 39.0 Å². The highest BCUT2D eigenvalue weighted by Gasteiger charge is 2.11. The van der Waals surface area contributed by atoms with Crippen LogP contribution < -0.4 is 10.2 Å². The summed E-state index contributed by atoms with van der Waals surface area (Å²) in [5, 5.41) is 3.45. The van der Waals surface area contributed by atoms with E-state index < -0.39 is 0 Å². The third-order valence-electron chi connectivity index (χ3n) is 2.96. The molecule has 0 spiro atoms. The number of nitrogens with one attached hydrogen (secondary N) is 1. The van der Waals surface area contributed by atoms with E-state index in [1.807, 2.05) is 6.08 Å². The van der Waals surface area contributed by atoms with Crippen molar-refractivity contribution in [3.8, 4) is 0 Å². The normalized spacial score (nSPS) is 11.1. The molecule has 0 aromatic carbocycles. The SMILES string of the molecule is C=CCN(c1cc(CNC(C)C)cc(C)n1)C(C)C. The molecule has 0 radical (unpaired) electrons. The van der Waals surface area contributed by atoms with Gasteiger partial charge in [-0.05, 0) is 38.5 Å². The number of pyridine rings is 1. The van der Waals surface area contributed by atoms with Gasteiger partial charge in [-0.2, -0.15) is 0 Å². The fourth-order valence-corrected chi connectivity index (χ4v) is 2.00. The largest absolute Gasteiger partial charge is 0.350 e. The molecule has 1 rings (SSSR count). The van der Waals surface area contributed by atoms with E-state index in [1.165, 1.54) is 5.56 Å². The number of aryl methyl sites for hydroxylation is 1. The van der Waals surface area contributed by atoms with Crippen LogP contribution >= 0.6 is 0 Å². The summed E-state index contributed by atoms with van der Waals surface area (Å²) in [5.74, 6) is 1.04. The molecule has 0 atom stereocenters. The van der Waals surface area contributed by atoms with E-state index in [2.05, 4.69) is 68.5 Å². The van der Waals surface area contributed by atoms with Gasteiger partial charge < -0.3 is 10.2 Å². The van der Waals surface area contributed by atoms with Crippen molar-refractivity contribution in [2.24, 2.45) is 0 Å². The molecule has 3 heteroatoms. The molecule has 0 aliphatic carbocycles. The zero-order valence-corrected chi connectivity index (χ0v) is 12.9. The fourth-order valence-electron chi connectivity index (χ4n) is 2.00. The van der Waals surface area contributed by atoms with Crippen molar-refractivity contribution in [1.29, 1.82) is 0 Å². The van der Waals surface area contributed by atoms with Gasteiger partial charge in [-0.15, -0.1) is 6.58 Å². The monoisotopic (exact) mass is 261 g/mol. The molecule has 0 amide bonds. The van der Waals surface area contributed by atoms with Gasteiger partial charge in [0.25, 0.3) is 0 Å². The van der Waals surface area contributed by atoms with E-state index in [9.17, 15) is 0 Å². The first-order valence-corrected chi connectivity index (χ1v) is 7.02. The molecule has 1 heterocycles. The molecule has 1 aromatic heterocycles. The lowest BCUT2D eigenvalue weighted by Gasteiger charge is -2.27. The quantitative estimate of drug-likeness (QED) is 0.763. The van der Waals surface area contributed by atoms with Crippen molar-refractivity contribution in [1.82, 2.24) is 10.3 Å². The minimum Gasteiger partial charge on any atom is -0.350 e. The first-order chi connectivity index (χ1) is 8.93. The molecule has 0 bridgehead atoms. The van der Waals surface area contributed by atoms with Gasteiger partial charge in [-0.25, -0.2) is 4.98 Å². The molecule has 0 unspecified atom stereocenters. The van der Waals surface area contributed by atoms with Crippen LogP contribution in [0.3, 0.4) is 0 Å². The smallest absolute Gasteiger partial charge is 0.129 e. The van der Waals surface area contributed by atoms with Crippen LogP contribution in [-0.2, 0) is 6.54 Å². The van der Waals surface area contributed by atoms with Gasteiger partial charge in [0.05, 0.1) is 0 Å². The van der Waals surface area contributed by atoms with Crippen LogP contribution in [0.25, 0.3) is 0 Å². The van der Waals surface area contributed by atoms with E-state index in [4.69, 9.17) is 0 Å². The van der Waals surface area contributed by atoms with Crippen LogP contribution in [0, 0.1) is 6.92 Å². The van der Waals surface area contributed by atoms with Crippen LogP contribution in [0.4, 0.5) is 5.82 Å². The summed E-state index contributed by atoms with van der Waals surface area (Å²) in [4.78, 5) is 6.91. The minimum atomic E-state index is 0.415. The minimum absolute atomic E-state index is 0.415. The maximum atomic E-state index is 4.65. The van der Waals surface area contributed by atoms with Gasteiger partial charge in [-0.1, -0.05) is 19.9 Å². The first-order valence-electron chi connectivity index (χ1n) is 7.02. The highest BCUT2D eigenvalue weighted by atomic mass is 15.2. The second-order valence-electron chi connectivity index (χ2n) is 5.55. The van der Waals surface area contributed by atoms with Crippen LogP contribution in [-0.4, -0.2) is 23.6 Å². The van der Waals surface area contributed by atoms with Crippen molar-refractivity contribution in [3.63, 3.8) is 0 Å². The maximum absolute atomic E-state index is 4.65. The van der Waals surface area contributed by atoms with E-state index in [1.54, 1.807) is 0 Å². The van der Waals surface area contributed by atoms with Crippen molar-refractivity contribution < 1.29 is 0 Å². The summed E-state index contributed by atoms with van der Waals surface area (Å²) < 4.78 is 0. The molecule has 1 N–H and O–H groups in total. The van der Waals surface area contributed by atoms with Gasteiger partial charge in [0.15, 0.2) is 0 Å². The lowest BCUT2D eigenvalue weighted by atomic mass is 10.2. The average Bonchev–Trinajstić information content (AvgIpc) is 2.32. The number of hydrogen-bond donors (Lipinski definition) is 1. The molecule has 0 saturated heterocycles. The number of nitrogens with zero attached hydrogens (tertiary/aromatic N) is 2. The summed E-state index contributed by atoms with van der Waals surface area (Å²) in [6.07, 6.45) is 1.93. The van der Waals surface area contributed by atoms with Crippen LogP contribution in [0.15, 0.2) is 24.8 Å². The summed E-state index contributed by atoms with van der Waals surface area (Å²) in [5.41, 5.74) is 2.35. The molecular weight excluding hydrogens is 234 g/mol. The third kappa shape index (κ3) is 5.03. The highest BCUT2D eigenvalue weighted by molar-refractivity contribution is 5.44. The molecule has 0 saturated carbocycles. The Hall–Kier alpha value is -1.35. The van der Waals surface area contributed by atoms with E-state index in [0.29, 0.717) is 12.1 Å². The van der Waals surface area contributed by atoms with Gasteiger partial charge in [0.1, 0.15) is 5.82 Å². The second kappa shape index (κ2) is 7.29. The molecular formula is C16H27N3. The summed E-state index contributed by atoms with van der Waals surface area (Å²) in [6.45, 7) is 16.3. The Kier molecular flexibility index (Phi) is 6.03. The standard InChI is InChI=1S/C16H27N3/c1-7-8-19(13(4)5)16-10-15(9-14(6)18-16)11-17-12(2)3/h7,9-10,12-13,17H,1,8,11H2,2-6H3. The number of hydrogen-bond acceptors (Lipinski definition) is 3. The Morgan fingerprint density at radius 1 is 1.32 bits per heavy atom. The van der Waals surface area contributed by atoms with E-state index >= 15 is 0 Å². The molecule has 0 aliphatic heterocycles. The van der Waals surface area contributed by atoms with Gasteiger partial charge in [-0.3, -0.25) is 0 Å². The van der Waals surface area contributed by atoms with Crippen molar-refractivity contribution >= 4 is 5.82 Å². The molecule has 3 nitrogen and oxygen atoms in total. The van der Waals surface area contributed by atoms with Crippen molar-refractivity contribution in [2.45, 2.75) is 53.2 Å². The highest BCUT2D eigenvalue weighted by Crippen LogP contribution is 2.17. The fraction of sp³-hybridized carbons (Fsp3) is 0.562. The predicted molar refractivity (Wildman–Crippen MR) is 83.6 cm³/mol. The Labute approximate surface area is 117 Å². The van der Waals surface area contributed by atoms with Gasteiger partial charge in [0.2, 0.25) is 0 Å². The van der Waals surface area contributed by atoms with Crippen LogP contribution in [0.5, 0.6) is 0 Å². The number of rotatable bonds is 7. The van der Waals surface area contributed by atoms with E-state index in [-0.39, 0.29) is 0 Å². The van der Waals surface area contributed by atoms with Crippen molar-refractivity contribution in [2.75, 3.05) is 11.4 Å². The molecule has 0 fully saturated rings. The summed E-state index contributed by atoms with van der Waals surface area (Å²) in [7, 11) is 0. The maximum Gasteiger partial charge on any atom is 0.129 e. The van der Waals surface area contributed by atoms with Gasteiger partial charge >= 0.3 is 0 Å². The average molecular weight is 261 g/mol. The zero-order chi connectivity index (χ0) is 14.4.